The van der Waals surface area contributed by atoms with E-state index in [1.165, 1.54) is 11.8 Å². The van der Waals surface area contributed by atoms with Gasteiger partial charge in [-0.05, 0) is 50.2 Å². The summed E-state index contributed by atoms with van der Waals surface area (Å²) in [5.74, 6) is 1.52. The van der Waals surface area contributed by atoms with Crippen LogP contribution in [0.5, 0.6) is 5.75 Å². The molecule has 28 heavy (non-hydrogen) atoms. The van der Waals surface area contributed by atoms with Gasteiger partial charge >= 0.3 is 0 Å². The van der Waals surface area contributed by atoms with Crippen LogP contribution in [0.3, 0.4) is 0 Å². The van der Waals surface area contributed by atoms with Crippen LogP contribution in [0.4, 0.5) is 0 Å². The Morgan fingerprint density at radius 1 is 1.21 bits per heavy atom. The van der Waals surface area contributed by atoms with Crippen molar-refractivity contribution in [3.63, 3.8) is 0 Å². The molecule has 0 fully saturated rings. The van der Waals surface area contributed by atoms with Gasteiger partial charge in [-0.1, -0.05) is 17.8 Å². The number of hydrogen-bond acceptors (Lipinski definition) is 6. The number of aromatic nitrogens is 4. The van der Waals surface area contributed by atoms with Crippen molar-refractivity contribution in [2.24, 2.45) is 0 Å². The molecule has 3 rings (SSSR count). The number of benzene rings is 1. The molecule has 1 atom stereocenters. The summed E-state index contributed by atoms with van der Waals surface area (Å²) in [6, 6.07) is 11.0. The fraction of sp³-hybridized carbons (Fsp3) is 0.238. The molecule has 0 saturated heterocycles. The number of ketones is 1. The molecule has 0 aliphatic heterocycles. The van der Waals surface area contributed by atoms with Crippen molar-refractivity contribution in [1.29, 1.82) is 0 Å². The zero-order valence-corrected chi connectivity index (χ0v) is 16.7. The minimum Gasteiger partial charge on any atom is -0.494 e. The third kappa shape index (κ3) is 4.48. The largest absolute Gasteiger partial charge is 0.494 e. The van der Waals surface area contributed by atoms with Crippen LogP contribution in [0.15, 0.2) is 66.6 Å². The maximum absolute atomic E-state index is 12.8. The summed E-state index contributed by atoms with van der Waals surface area (Å²) in [6.45, 7) is 8.77. The molecular formula is C21H22N4O2S. The first-order valence-corrected chi connectivity index (χ1v) is 9.90. The van der Waals surface area contributed by atoms with E-state index in [1.54, 1.807) is 30.6 Å². The van der Waals surface area contributed by atoms with Crippen LogP contribution in [0.1, 0.15) is 24.2 Å². The second-order valence-corrected chi connectivity index (χ2v) is 7.33. The minimum absolute atomic E-state index is 0.0339. The summed E-state index contributed by atoms with van der Waals surface area (Å²) in [5, 5.41) is 8.98. The topological polar surface area (TPSA) is 69.9 Å². The van der Waals surface area contributed by atoms with Crippen molar-refractivity contribution in [3.8, 4) is 17.1 Å². The van der Waals surface area contributed by atoms with E-state index in [0.717, 1.165) is 17.1 Å². The van der Waals surface area contributed by atoms with E-state index < -0.39 is 0 Å². The van der Waals surface area contributed by atoms with Crippen molar-refractivity contribution >= 4 is 17.5 Å². The number of carbonyl (C=O) groups excluding carboxylic acids is 1. The number of carbonyl (C=O) groups is 1. The van der Waals surface area contributed by atoms with Crippen LogP contribution >= 0.6 is 11.8 Å². The summed E-state index contributed by atoms with van der Waals surface area (Å²) >= 11 is 1.39. The first-order chi connectivity index (χ1) is 13.6. The average Bonchev–Trinajstić information content (AvgIpc) is 3.11. The Kier molecular flexibility index (Phi) is 6.60. The van der Waals surface area contributed by atoms with Gasteiger partial charge in [-0.2, -0.15) is 0 Å². The van der Waals surface area contributed by atoms with Crippen LogP contribution in [0.25, 0.3) is 11.4 Å². The van der Waals surface area contributed by atoms with E-state index in [9.17, 15) is 4.79 Å². The first-order valence-electron chi connectivity index (χ1n) is 9.02. The lowest BCUT2D eigenvalue weighted by Crippen LogP contribution is -2.15. The third-order valence-electron chi connectivity index (χ3n) is 4.07. The van der Waals surface area contributed by atoms with E-state index in [1.807, 2.05) is 42.7 Å². The highest BCUT2D eigenvalue weighted by Crippen LogP contribution is 2.28. The first kappa shape index (κ1) is 19.8. The van der Waals surface area contributed by atoms with Gasteiger partial charge in [-0.25, -0.2) is 0 Å². The summed E-state index contributed by atoms with van der Waals surface area (Å²) in [5.41, 5.74) is 1.56. The molecule has 0 radical (unpaired) electrons. The number of pyridine rings is 1. The van der Waals surface area contributed by atoms with Crippen LogP contribution in [0.2, 0.25) is 0 Å². The number of nitrogens with zero attached hydrogens (tertiary/aromatic N) is 4. The Labute approximate surface area is 168 Å². The van der Waals surface area contributed by atoms with E-state index in [2.05, 4.69) is 21.8 Å². The second-order valence-electron chi connectivity index (χ2n) is 6.02. The highest BCUT2D eigenvalue weighted by Gasteiger charge is 2.21. The molecule has 0 spiro atoms. The average molecular weight is 395 g/mol. The Morgan fingerprint density at radius 3 is 2.57 bits per heavy atom. The molecule has 0 aliphatic carbocycles. The lowest BCUT2D eigenvalue weighted by atomic mass is 10.1. The zero-order valence-electron chi connectivity index (χ0n) is 15.9. The Morgan fingerprint density at radius 2 is 1.93 bits per heavy atom. The van der Waals surface area contributed by atoms with Crippen LogP contribution in [0, 0.1) is 0 Å². The van der Waals surface area contributed by atoms with Gasteiger partial charge in [0, 0.05) is 30.1 Å². The predicted molar refractivity (Wildman–Crippen MR) is 111 cm³/mol. The molecule has 7 heteroatoms. The number of thioether (sulfide) groups is 1. The van der Waals surface area contributed by atoms with Crippen molar-refractivity contribution in [3.05, 3.63) is 67.0 Å². The summed E-state index contributed by atoms with van der Waals surface area (Å²) in [6.07, 6.45) is 5.22. The van der Waals surface area contributed by atoms with Crippen LogP contribution < -0.4 is 4.74 Å². The van der Waals surface area contributed by atoms with Crippen LogP contribution in [-0.2, 0) is 6.54 Å². The number of Topliss-reactive ketones (excluding diaryl/α,β-unsaturated/α-hetero) is 1. The SMILES string of the molecule is C=CCn1c(S[C@H](C)C(=O)c2ccc(OCC)cc2)nnc1-c1ccncc1. The molecule has 144 valence electrons. The molecule has 6 nitrogen and oxygen atoms in total. The molecular weight excluding hydrogens is 372 g/mol. The second kappa shape index (κ2) is 9.32. The Bertz CT molecular complexity index is 939. The van der Waals surface area contributed by atoms with Gasteiger partial charge in [0.1, 0.15) is 5.75 Å². The molecule has 0 amide bonds. The molecule has 0 unspecified atom stereocenters. The van der Waals surface area contributed by atoms with E-state index in [-0.39, 0.29) is 11.0 Å². The number of allylic oxidation sites excluding steroid dienone is 1. The fourth-order valence-electron chi connectivity index (χ4n) is 2.71. The smallest absolute Gasteiger partial charge is 0.192 e. The normalized spacial score (nSPS) is 11.8. The molecule has 0 N–H and O–H groups in total. The lowest BCUT2D eigenvalue weighted by molar-refractivity contribution is 0.0994. The summed E-state index contributed by atoms with van der Waals surface area (Å²) in [4.78, 5) is 16.9. The number of rotatable bonds is 9. The molecule has 0 bridgehead atoms. The van der Waals surface area contributed by atoms with E-state index >= 15 is 0 Å². The number of ether oxygens (including phenoxy) is 1. The van der Waals surface area contributed by atoms with Gasteiger partial charge < -0.3 is 4.74 Å². The maximum Gasteiger partial charge on any atom is 0.192 e. The Hall–Kier alpha value is -2.93. The predicted octanol–water partition coefficient (Wildman–Crippen LogP) is 4.29. The quantitative estimate of drug-likeness (QED) is 0.306. The standard InChI is InChI=1S/C21H22N4O2S/c1-4-14-25-20(17-10-12-22-13-11-17)23-24-21(25)28-15(3)19(26)16-6-8-18(9-7-16)27-5-2/h4,6-13,15H,1,5,14H2,2-3H3/t15-/m1/s1. The van der Waals surface area contributed by atoms with Gasteiger partial charge in [0.2, 0.25) is 0 Å². The van der Waals surface area contributed by atoms with E-state index in [4.69, 9.17) is 4.74 Å². The van der Waals surface area contributed by atoms with Gasteiger partial charge in [0.25, 0.3) is 0 Å². The molecule has 2 aromatic heterocycles. The number of hydrogen-bond donors (Lipinski definition) is 0. The van der Waals surface area contributed by atoms with Crippen molar-refractivity contribution in [2.45, 2.75) is 30.8 Å². The zero-order chi connectivity index (χ0) is 19.9. The molecule has 0 aliphatic rings. The van der Waals surface area contributed by atoms with Gasteiger partial charge in [-0.15, -0.1) is 16.8 Å². The maximum atomic E-state index is 12.8. The highest BCUT2D eigenvalue weighted by molar-refractivity contribution is 8.00. The third-order valence-corrected chi connectivity index (χ3v) is 5.15. The van der Waals surface area contributed by atoms with Crippen molar-refractivity contribution in [2.75, 3.05) is 6.61 Å². The van der Waals surface area contributed by atoms with Gasteiger partial charge in [0.05, 0.1) is 11.9 Å². The van der Waals surface area contributed by atoms with Crippen molar-refractivity contribution < 1.29 is 9.53 Å². The van der Waals surface area contributed by atoms with E-state index in [0.29, 0.717) is 23.9 Å². The monoisotopic (exact) mass is 394 g/mol. The molecule has 3 aromatic rings. The fourth-order valence-corrected chi connectivity index (χ4v) is 3.65. The Balaban J connectivity index is 1.79. The molecule has 1 aromatic carbocycles. The molecule has 0 saturated carbocycles. The highest BCUT2D eigenvalue weighted by atomic mass is 32.2. The minimum atomic E-state index is -0.309. The summed E-state index contributed by atoms with van der Waals surface area (Å²) < 4.78 is 7.39. The summed E-state index contributed by atoms with van der Waals surface area (Å²) in [7, 11) is 0. The lowest BCUT2D eigenvalue weighted by Gasteiger charge is -2.12. The molecule has 2 heterocycles. The van der Waals surface area contributed by atoms with Crippen molar-refractivity contribution in [1.82, 2.24) is 19.7 Å². The van der Waals surface area contributed by atoms with Gasteiger partial charge in [0.15, 0.2) is 16.8 Å². The van der Waals surface area contributed by atoms with Crippen LogP contribution in [-0.4, -0.2) is 37.4 Å². The van der Waals surface area contributed by atoms with Gasteiger partial charge in [-0.3, -0.25) is 14.3 Å².